The van der Waals surface area contributed by atoms with Crippen LogP contribution in [-0.2, 0) is 53.6 Å². The number of anilines is 1. The van der Waals surface area contributed by atoms with E-state index >= 15 is 0 Å². The third-order valence-corrected chi connectivity index (χ3v) is 12.8. The van der Waals surface area contributed by atoms with Crippen LogP contribution in [0.5, 0.6) is 5.75 Å². The predicted molar refractivity (Wildman–Crippen MR) is 231 cm³/mol. The molecule has 0 radical (unpaired) electrons. The van der Waals surface area contributed by atoms with Crippen molar-refractivity contribution in [1.82, 2.24) is 0 Å². The van der Waals surface area contributed by atoms with Gasteiger partial charge < -0.3 is 10.2 Å². The Kier molecular flexibility index (Phi) is 13.9. The van der Waals surface area contributed by atoms with E-state index in [2.05, 4.69) is 49.5 Å². The number of aliphatic carboxylic acids is 1. The maximum Gasteiger partial charge on any atom is 0.355 e. The summed E-state index contributed by atoms with van der Waals surface area (Å²) in [6, 6.07) is 17.2. The molecule has 0 spiro atoms. The Bertz CT molecular complexity index is 3480. The smallest absolute Gasteiger partial charge is 0.355 e. The van der Waals surface area contributed by atoms with Crippen LogP contribution in [0.2, 0.25) is 0 Å². The fourth-order valence-corrected chi connectivity index (χ4v) is 8.60. The van der Waals surface area contributed by atoms with Crippen LogP contribution < -0.4 is 5.01 Å². The summed E-state index contributed by atoms with van der Waals surface area (Å²) in [4.78, 5) is 23.7. The zero-order valence-electron chi connectivity index (χ0n) is 32.6. The van der Waals surface area contributed by atoms with Gasteiger partial charge in [-0.15, -0.1) is 19.7 Å². The summed E-state index contributed by atoms with van der Waals surface area (Å²) in [6.07, 6.45) is 0. The molecule has 0 saturated heterocycles. The second kappa shape index (κ2) is 19.2. The van der Waals surface area contributed by atoms with Crippen molar-refractivity contribution in [3.63, 3.8) is 0 Å². The molecule has 1 heterocycles. The van der Waals surface area contributed by atoms with Crippen molar-refractivity contribution < 1.29 is 82.9 Å². The van der Waals surface area contributed by atoms with Gasteiger partial charge in [0.05, 0.1) is 61.5 Å². The lowest BCUT2D eigenvalue weighted by atomic mass is 10.1. The van der Waals surface area contributed by atoms with Gasteiger partial charge >= 0.3 is 5.97 Å². The normalized spacial score (nSPS) is 14.9. The number of carboxylic acids is 1. The number of phenolic OH excluding ortho intramolecular Hbond substituents is 1. The number of rotatable bonds is 16. The zero-order valence-corrected chi connectivity index (χ0v) is 36.6. The van der Waals surface area contributed by atoms with Gasteiger partial charge in [-0.25, -0.2) is 15.3 Å². The second-order valence-electron chi connectivity index (χ2n) is 13.2. The SMILES string of the molecule is O=C(O)C1=NN(c2cccc(S(=O)(=O)O)c2)C(=O)C1N=Nc1cc2c(O)c(N=Nc3ccc(N=Nc4ccc(SOOO)cc4)c4ccc(S(=O)(=O)O)cc34)c(SOO)cc2cc1S(=O)(=O)O. The molecular formula is C36H24N8O18S5. The van der Waals surface area contributed by atoms with E-state index < -0.39 is 85.8 Å². The van der Waals surface area contributed by atoms with Crippen LogP contribution in [0.25, 0.3) is 21.5 Å². The van der Waals surface area contributed by atoms with E-state index in [1.54, 1.807) is 24.3 Å². The molecule has 0 saturated carbocycles. The molecule has 1 atom stereocenters. The largest absolute Gasteiger partial charge is 0.505 e. The Morgan fingerprint density at radius 1 is 0.687 bits per heavy atom. The minimum absolute atomic E-state index is 0.0343. The van der Waals surface area contributed by atoms with E-state index in [-0.39, 0.29) is 55.5 Å². The summed E-state index contributed by atoms with van der Waals surface area (Å²) >= 11 is 0.909. The number of aromatic hydroxyl groups is 1. The molecule has 26 nitrogen and oxygen atoms in total. The van der Waals surface area contributed by atoms with Crippen LogP contribution in [0.1, 0.15) is 0 Å². The third-order valence-electron chi connectivity index (χ3n) is 9.07. The highest BCUT2D eigenvalue weighted by Crippen LogP contribution is 2.47. The predicted octanol–water partition coefficient (Wildman–Crippen LogP) is 8.13. The fourth-order valence-electron chi connectivity index (χ4n) is 6.11. The number of benzene rings is 6. The molecule has 0 fully saturated rings. The topological polar surface area (TPSA) is 396 Å². The summed E-state index contributed by atoms with van der Waals surface area (Å²) in [6.45, 7) is 0. The maximum absolute atomic E-state index is 13.4. The Hall–Kier alpha value is -6.72. The Morgan fingerprint density at radius 2 is 1.36 bits per heavy atom. The van der Waals surface area contributed by atoms with Crippen LogP contribution >= 0.6 is 24.1 Å². The Labute approximate surface area is 383 Å². The van der Waals surface area contributed by atoms with E-state index in [9.17, 15) is 64.0 Å². The highest BCUT2D eigenvalue weighted by atomic mass is 32.2. The molecule has 0 aromatic heterocycles. The number of hydrogen-bond donors (Lipinski definition) is 7. The average molecular weight is 1020 g/mol. The maximum atomic E-state index is 13.4. The molecule has 67 heavy (non-hydrogen) atoms. The molecule has 7 N–H and O–H groups in total. The van der Waals surface area contributed by atoms with Gasteiger partial charge in [-0.3, -0.25) is 18.5 Å². The molecule has 346 valence electrons. The Balaban J connectivity index is 1.30. The zero-order chi connectivity index (χ0) is 48.4. The van der Waals surface area contributed by atoms with Gasteiger partial charge in [0.25, 0.3) is 36.3 Å². The first-order chi connectivity index (χ1) is 31.7. The fraction of sp³-hybridized carbons (Fsp3) is 0.0278. The van der Waals surface area contributed by atoms with E-state index in [1.165, 1.54) is 18.2 Å². The average Bonchev–Trinajstić information content (AvgIpc) is 3.62. The lowest BCUT2D eigenvalue weighted by Crippen LogP contribution is -2.33. The van der Waals surface area contributed by atoms with E-state index in [4.69, 9.17) is 5.26 Å². The summed E-state index contributed by atoms with van der Waals surface area (Å²) in [5.41, 5.74) is -2.07. The molecule has 31 heteroatoms. The second-order valence-corrected chi connectivity index (χ2v) is 18.9. The van der Waals surface area contributed by atoms with Gasteiger partial charge in [0.1, 0.15) is 16.3 Å². The summed E-state index contributed by atoms with van der Waals surface area (Å²) in [7, 11) is -14.8. The number of azo groups is 3. The molecule has 1 unspecified atom stereocenters. The number of carboxylic acid groups (broad SMARTS) is 1. The van der Waals surface area contributed by atoms with E-state index in [1.807, 2.05) is 0 Å². The van der Waals surface area contributed by atoms with Crippen molar-refractivity contribution in [1.29, 1.82) is 0 Å². The van der Waals surface area contributed by atoms with Gasteiger partial charge in [-0.2, -0.15) is 55.0 Å². The van der Waals surface area contributed by atoms with E-state index in [0.717, 1.165) is 54.6 Å². The Morgan fingerprint density at radius 3 is 2.00 bits per heavy atom. The molecule has 7 rings (SSSR count). The first kappa shape index (κ1) is 48.2. The van der Waals surface area contributed by atoms with Crippen molar-refractivity contribution in [2.75, 3.05) is 5.01 Å². The van der Waals surface area contributed by atoms with Crippen LogP contribution in [0.4, 0.5) is 34.1 Å². The van der Waals surface area contributed by atoms with Crippen LogP contribution in [-0.4, -0.2) is 83.3 Å². The van der Waals surface area contributed by atoms with Gasteiger partial charge in [0.15, 0.2) is 11.5 Å². The van der Waals surface area contributed by atoms with Crippen LogP contribution in [0, 0.1) is 0 Å². The number of carbonyl (C=O) groups excluding carboxylic acids is 1. The minimum atomic E-state index is -5.22. The lowest BCUT2D eigenvalue weighted by molar-refractivity contribution is -0.432. The first-order valence-electron chi connectivity index (χ1n) is 17.7. The molecular weight excluding hydrogens is 993 g/mol. The van der Waals surface area contributed by atoms with Crippen molar-refractivity contribution in [2.45, 2.75) is 30.5 Å². The molecule has 1 aliphatic heterocycles. The number of amides is 1. The quantitative estimate of drug-likeness (QED) is 0.0158. The van der Waals surface area contributed by atoms with Crippen molar-refractivity contribution in [3.05, 3.63) is 97.1 Å². The number of phenols is 1. The van der Waals surface area contributed by atoms with Crippen molar-refractivity contribution in [3.8, 4) is 5.75 Å². The molecule has 6 aromatic rings. The van der Waals surface area contributed by atoms with Crippen molar-refractivity contribution in [2.24, 2.45) is 35.8 Å². The lowest BCUT2D eigenvalue weighted by Gasteiger charge is -2.13. The van der Waals surface area contributed by atoms with Gasteiger partial charge in [0, 0.05) is 21.1 Å². The highest BCUT2D eigenvalue weighted by Gasteiger charge is 2.41. The number of hydrogen-bond acceptors (Lipinski definition) is 23. The summed E-state index contributed by atoms with van der Waals surface area (Å²) < 4.78 is 111. The third kappa shape index (κ3) is 10.6. The standard InChI is InChI=1S/C36H24N8O18S5/c45-34-24-16-28(40-42-32-33(36(47)48)43-44(35(32)46)19-2-1-3-21(14-19)65(51,52)53)30(67(57,58)59)13-17(24)12-29(64-61-50)31(34)41-39-27-11-10-26(23-9-8-22(15-25(23)27)66(54,55)56)38-37-18-4-6-20(7-5-18)63-62-60-49/h1-16,32,45,49-50H,(H,47,48)(H,51,52,53)(H,54,55,56)(H,57,58,59). The minimum Gasteiger partial charge on any atom is -0.505 e. The first-order valence-corrected chi connectivity index (χ1v) is 23.5. The molecule has 6 aromatic carbocycles. The van der Waals surface area contributed by atoms with Gasteiger partial charge in [-0.05, 0) is 90.3 Å². The van der Waals surface area contributed by atoms with Crippen molar-refractivity contribution >= 4 is 128 Å². The molecule has 1 amide bonds. The molecule has 0 aliphatic carbocycles. The number of fused-ring (bicyclic) bond motifs is 2. The summed E-state index contributed by atoms with van der Waals surface area (Å²) in [5, 5.41) is 70.8. The number of carbonyl (C=O) groups is 2. The van der Waals surface area contributed by atoms with Gasteiger partial charge in [-0.1, -0.05) is 17.2 Å². The molecule has 1 aliphatic rings. The van der Waals surface area contributed by atoms with Crippen LogP contribution in [0.3, 0.4) is 0 Å². The summed E-state index contributed by atoms with van der Waals surface area (Å²) in [5.74, 6) is -3.83. The number of hydrazone groups is 1. The van der Waals surface area contributed by atoms with E-state index in [0.29, 0.717) is 27.6 Å². The molecule has 0 bridgehead atoms. The van der Waals surface area contributed by atoms with Gasteiger partial charge in [0.2, 0.25) is 6.04 Å². The monoisotopic (exact) mass is 1020 g/mol. The highest BCUT2D eigenvalue weighted by molar-refractivity contribution is 7.95. The van der Waals surface area contributed by atoms with Crippen LogP contribution in [0.15, 0.2) is 157 Å². The number of nitrogens with zero attached hydrogens (tertiary/aromatic N) is 8.